The molecule has 3 aromatic rings. The number of amides is 1. The standard InChI is InChI=1S/C17H15Cl2F3N6O/c1-9-13(19)14(17(20,21)22)25-28(9)10(2)15(29)24-16-23-8-27(26-16)7-11-5-3-4-6-12(11)18/h3-6,8,10H,7H2,1-2H3,(H,24,26,29). The van der Waals surface area contributed by atoms with E-state index >= 15 is 0 Å². The summed E-state index contributed by atoms with van der Waals surface area (Å²) >= 11 is 11.8. The van der Waals surface area contributed by atoms with Crippen molar-refractivity contribution in [2.45, 2.75) is 32.6 Å². The van der Waals surface area contributed by atoms with Gasteiger partial charge in [-0.2, -0.15) is 18.3 Å². The molecule has 1 amide bonds. The smallest absolute Gasteiger partial charge is 0.291 e. The molecule has 154 valence electrons. The van der Waals surface area contributed by atoms with Crippen molar-refractivity contribution in [3.63, 3.8) is 0 Å². The molecular formula is C17H15Cl2F3N6O. The molecule has 7 nitrogen and oxygen atoms in total. The second-order valence-corrected chi connectivity index (χ2v) is 7.00. The minimum absolute atomic E-state index is 0.000791. The van der Waals surface area contributed by atoms with Crippen LogP contribution in [0.4, 0.5) is 19.1 Å². The number of carbonyl (C=O) groups excluding carboxylic acids is 1. The third-order valence-corrected chi connectivity index (χ3v) is 4.97. The Bertz CT molecular complexity index is 1050. The third kappa shape index (κ3) is 4.54. The van der Waals surface area contributed by atoms with Gasteiger partial charge in [0.2, 0.25) is 5.95 Å². The van der Waals surface area contributed by atoms with E-state index in [0.717, 1.165) is 10.2 Å². The first kappa shape index (κ1) is 21.1. The Morgan fingerprint density at radius 1 is 1.24 bits per heavy atom. The van der Waals surface area contributed by atoms with E-state index in [2.05, 4.69) is 20.5 Å². The minimum Gasteiger partial charge on any atom is -0.291 e. The summed E-state index contributed by atoms with van der Waals surface area (Å²) in [5.41, 5.74) is -0.399. The van der Waals surface area contributed by atoms with Gasteiger partial charge in [-0.15, -0.1) is 5.10 Å². The zero-order valence-corrected chi connectivity index (χ0v) is 16.7. The normalized spacial score (nSPS) is 12.8. The van der Waals surface area contributed by atoms with Crippen molar-refractivity contribution in [2.24, 2.45) is 0 Å². The van der Waals surface area contributed by atoms with Gasteiger partial charge in [0.05, 0.1) is 17.3 Å². The Hall–Kier alpha value is -2.59. The predicted octanol–water partition coefficient (Wildman–Crippen LogP) is 4.36. The second kappa shape index (κ2) is 8.03. The van der Waals surface area contributed by atoms with Crippen molar-refractivity contribution in [1.82, 2.24) is 24.5 Å². The first-order valence-electron chi connectivity index (χ1n) is 8.33. The Balaban J connectivity index is 1.73. The van der Waals surface area contributed by atoms with Crippen LogP contribution in [0.25, 0.3) is 0 Å². The van der Waals surface area contributed by atoms with Gasteiger partial charge in [0.1, 0.15) is 12.4 Å². The van der Waals surface area contributed by atoms with Crippen LogP contribution >= 0.6 is 23.2 Å². The van der Waals surface area contributed by atoms with Crippen LogP contribution in [-0.4, -0.2) is 30.5 Å². The first-order valence-corrected chi connectivity index (χ1v) is 9.09. The number of alkyl halides is 3. The topological polar surface area (TPSA) is 77.6 Å². The molecule has 1 N–H and O–H groups in total. The van der Waals surface area contributed by atoms with Crippen LogP contribution in [0.3, 0.4) is 0 Å². The monoisotopic (exact) mass is 446 g/mol. The highest BCUT2D eigenvalue weighted by molar-refractivity contribution is 6.32. The largest absolute Gasteiger partial charge is 0.436 e. The number of aromatic nitrogens is 5. The van der Waals surface area contributed by atoms with E-state index < -0.39 is 28.8 Å². The Labute approximate surface area is 173 Å². The van der Waals surface area contributed by atoms with Crippen molar-refractivity contribution >= 4 is 35.1 Å². The highest BCUT2D eigenvalue weighted by atomic mass is 35.5. The van der Waals surface area contributed by atoms with Crippen LogP contribution in [0.5, 0.6) is 0 Å². The number of anilines is 1. The van der Waals surface area contributed by atoms with Crippen molar-refractivity contribution < 1.29 is 18.0 Å². The lowest BCUT2D eigenvalue weighted by Gasteiger charge is -2.13. The maximum absolute atomic E-state index is 13.0. The Morgan fingerprint density at radius 3 is 2.55 bits per heavy atom. The van der Waals surface area contributed by atoms with Crippen LogP contribution in [0.15, 0.2) is 30.6 Å². The Kier molecular flexibility index (Phi) is 5.85. The molecule has 0 radical (unpaired) electrons. The van der Waals surface area contributed by atoms with E-state index in [-0.39, 0.29) is 11.6 Å². The van der Waals surface area contributed by atoms with Crippen LogP contribution in [0.2, 0.25) is 10.0 Å². The lowest BCUT2D eigenvalue weighted by molar-refractivity contribution is -0.141. The predicted molar refractivity (Wildman–Crippen MR) is 101 cm³/mol. The summed E-state index contributed by atoms with van der Waals surface area (Å²) in [5, 5.41) is 10.1. The number of rotatable bonds is 5. The molecule has 1 unspecified atom stereocenters. The minimum atomic E-state index is -4.72. The second-order valence-electron chi connectivity index (χ2n) is 6.21. The molecule has 29 heavy (non-hydrogen) atoms. The van der Waals surface area contributed by atoms with Crippen molar-refractivity contribution in [3.05, 3.63) is 57.6 Å². The summed E-state index contributed by atoms with van der Waals surface area (Å²) in [6.07, 6.45) is -3.32. The molecule has 2 heterocycles. The lowest BCUT2D eigenvalue weighted by atomic mass is 10.2. The summed E-state index contributed by atoms with van der Waals surface area (Å²) in [4.78, 5) is 16.4. The van der Waals surface area contributed by atoms with E-state index in [1.54, 1.807) is 12.1 Å². The molecule has 1 atom stereocenters. The fraction of sp³-hybridized carbons (Fsp3) is 0.294. The van der Waals surface area contributed by atoms with Crippen LogP contribution in [-0.2, 0) is 17.5 Å². The number of halogens is 5. The van der Waals surface area contributed by atoms with Crippen molar-refractivity contribution in [2.75, 3.05) is 5.32 Å². The van der Waals surface area contributed by atoms with Crippen molar-refractivity contribution in [1.29, 1.82) is 0 Å². The summed E-state index contributed by atoms with van der Waals surface area (Å²) in [5.74, 6) is -0.641. The molecule has 0 saturated carbocycles. The maximum atomic E-state index is 13.0. The maximum Gasteiger partial charge on any atom is 0.436 e. The Morgan fingerprint density at radius 2 is 1.93 bits per heavy atom. The van der Waals surface area contributed by atoms with Crippen LogP contribution in [0.1, 0.15) is 29.9 Å². The summed E-state index contributed by atoms with van der Waals surface area (Å²) < 4.78 is 41.3. The summed E-state index contributed by atoms with van der Waals surface area (Å²) in [6.45, 7) is 3.08. The van der Waals surface area contributed by atoms with Gasteiger partial charge in [0, 0.05) is 5.02 Å². The molecule has 1 aromatic carbocycles. The van der Waals surface area contributed by atoms with Gasteiger partial charge in [-0.3, -0.25) is 14.8 Å². The molecule has 0 aliphatic rings. The van der Waals surface area contributed by atoms with E-state index in [0.29, 0.717) is 11.6 Å². The SMILES string of the molecule is Cc1c(Cl)c(C(F)(F)F)nn1C(C)C(=O)Nc1ncn(Cc2ccccc2Cl)n1. The fourth-order valence-electron chi connectivity index (χ4n) is 2.61. The van der Waals surface area contributed by atoms with Gasteiger partial charge < -0.3 is 0 Å². The van der Waals surface area contributed by atoms with Gasteiger partial charge >= 0.3 is 6.18 Å². The fourth-order valence-corrected chi connectivity index (χ4v) is 3.04. The lowest BCUT2D eigenvalue weighted by Crippen LogP contribution is -2.26. The molecule has 0 aliphatic heterocycles. The quantitative estimate of drug-likeness (QED) is 0.631. The first-order chi connectivity index (χ1) is 13.6. The van der Waals surface area contributed by atoms with E-state index in [9.17, 15) is 18.0 Å². The molecule has 0 saturated heterocycles. The number of nitrogens with one attached hydrogen (secondary N) is 1. The van der Waals surface area contributed by atoms with Gasteiger partial charge in [-0.25, -0.2) is 9.67 Å². The molecule has 12 heteroatoms. The molecular weight excluding hydrogens is 432 g/mol. The van der Waals surface area contributed by atoms with Crippen molar-refractivity contribution in [3.8, 4) is 0 Å². The average Bonchev–Trinajstić information content (AvgIpc) is 3.21. The molecule has 3 rings (SSSR count). The number of nitrogens with zero attached hydrogens (tertiary/aromatic N) is 5. The summed E-state index contributed by atoms with van der Waals surface area (Å²) in [7, 11) is 0. The molecule has 0 bridgehead atoms. The number of hydrogen-bond donors (Lipinski definition) is 1. The van der Waals surface area contributed by atoms with E-state index in [4.69, 9.17) is 23.2 Å². The molecule has 0 fully saturated rings. The molecule has 2 aromatic heterocycles. The third-order valence-electron chi connectivity index (χ3n) is 4.15. The van der Waals surface area contributed by atoms with Crippen LogP contribution in [0, 0.1) is 6.92 Å². The number of benzene rings is 1. The number of carbonyl (C=O) groups is 1. The van der Waals surface area contributed by atoms with Crippen LogP contribution < -0.4 is 5.32 Å². The van der Waals surface area contributed by atoms with E-state index in [1.807, 2.05) is 12.1 Å². The molecule has 0 aliphatic carbocycles. The average molecular weight is 447 g/mol. The van der Waals surface area contributed by atoms with Gasteiger partial charge in [0.25, 0.3) is 5.91 Å². The van der Waals surface area contributed by atoms with Gasteiger partial charge in [-0.05, 0) is 25.5 Å². The van der Waals surface area contributed by atoms with Gasteiger partial charge in [0.15, 0.2) is 5.69 Å². The summed E-state index contributed by atoms with van der Waals surface area (Å²) in [6, 6.07) is 6.13. The zero-order valence-electron chi connectivity index (χ0n) is 15.2. The van der Waals surface area contributed by atoms with E-state index in [1.165, 1.54) is 24.9 Å². The number of hydrogen-bond acceptors (Lipinski definition) is 4. The highest BCUT2D eigenvalue weighted by Crippen LogP contribution is 2.36. The molecule has 0 spiro atoms. The zero-order chi connectivity index (χ0) is 21.3. The van der Waals surface area contributed by atoms with Gasteiger partial charge in [-0.1, -0.05) is 41.4 Å². The highest BCUT2D eigenvalue weighted by Gasteiger charge is 2.39.